The van der Waals surface area contributed by atoms with E-state index in [1.54, 1.807) is 11.8 Å². The molecule has 3 aliphatic rings. The number of fused-ring (bicyclic) bond motifs is 11. The highest BCUT2D eigenvalue weighted by Gasteiger charge is 2.40. The van der Waals surface area contributed by atoms with E-state index in [1.165, 1.54) is 44.6 Å². The predicted octanol–water partition coefficient (Wildman–Crippen LogP) is 17.0. The summed E-state index contributed by atoms with van der Waals surface area (Å²) in [5, 5.41) is 8.32. The molecule has 11 aromatic rings. The van der Waals surface area contributed by atoms with E-state index in [9.17, 15) is 0 Å². The van der Waals surface area contributed by atoms with E-state index in [1.807, 2.05) is 0 Å². The molecule has 2 aromatic heterocycles. The molecule has 0 radical (unpaired) electrons. The molecule has 4 heterocycles. The number of nitrogens with zero attached hydrogens (tertiary/aromatic N) is 1. The van der Waals surface area contributed by atoms with Crippen LogP contribution in [0.4, 0.5) is 28.4 Å². The van der Waals surface area contributed by atoms with E-state index in [0.29, 0.717) is 7.28 Å². The highest BCUT2D eigenvalue weighted by molar-refractivity contribution is 7.99. The molecule has 9 aromatic carbocycles. The van der Waals surface area contributed by atoms with Crippen LogP contribution >= 0.6 is 11.8 Å². The first-order valence-electron chi connectivity index (χ1n) is 24.9. The summed E-state index contributed by atoms with van der Waals surface area (Å²) in [6, 6.07) is 59.2. The zero-order valence-corrected chi connectivity index (χ0v) is 41.6. The van der Waals surface area contributed by atoms with Crippen LogP contribution in [0.1, 0.15) is 62.8 Å². The van der Waals surface area contributed by atoms with E-state index in [4.69, 9.17) is 13.6 Å². The van der Waals surface area contributed by atoms with Crippen LogP contribution in [0.15, 0.2) is 182 Å². The second kappa shape index (κ2) is 15.4. The summed E-state index contributed by atoms with van der Waals surface area (Å²) in [6.45, 7) is 14.2. The molecule has 2 aliphatic heterocycles. The second-order valence-electron chi connectivity index (χ2n) is 21.3. The van der Waals surface area contributed by atoms with E-state index < -0.39 is 0 Å². The molecule has 0 saturated heterocycles. The number of hydrogen-bond donors (Lipinski definition) is 1. The number of benzene rings is 9. The lowest BCUT2D eigenvalue weighted by molar-refractivity contribution is 0.332. The van der Waals surface area contributed by atoms with Gasteiger partial charge in [0.15, 0.2) is 7.28 Å². The van der Waals surface area contributed by atoms with Gasteiger partial charge in [-0.15, -0.1) is 0 Å². The number of aryl methyl sites for hydroxylation is 2. The molecule has 0 amide bonds. The fourth-order valence-electron chi connectivity index (χ4n) is 12.0. The fourth-order valence-corrected chi connectivity index (χ4v) is 12.9. The number of ether oxygens (including phenoxy) is 1. The molecule has 5 nitrogen and oxygen atoms in total. The predicted molar refractivity (Wildman–Crippen MR) is 298 cm³/mol. The molecular weight excluding hydrogens is 888 g/mol. The van der Waals surface area contributed by atoms with Crippen LogP contribution in [0.25, 0.3) is 66.1 Å². The lowest BCUT2D eigenvalue weighted by Crippen LogP contribution is -2.41. The molecule has 0 spiro atoms. The maximum absolute atomic E-state index is 7.26. The third kappa shape index (κ3) is 6.55. The number of anilines is 5. The van der Waals surface area contributed by atoms with Gasteiger partial charge in [-0.2, -0.15) is 0 Å². The summed E-state index contributed by atoms with van der Waals surface area (Å²) >= 11 is 1.79. The Morgan fingerprint density at radius 2 is 1.25 bits per heavy atom. The van der Waals surface area contributed by atoms with Gasteiger partial charge in [-0.3, -0.25) is 0 Å². The SMILES string of the molecule is Cc1ccc(Nc2ccc3oc4ccccc4c3c2-c2c3c(cc4c2oc2ccccc24)N(c2cc4c(cc2C)C(C)(C)CCC4(C)C)c2cc4c(cc2B3)Oc2ccccc2S4)c(-c2ccccc2)c1. The molecule has 14 rings (SSSR count). The Morgan fingerprint density at radius 3 is 2.07 bits per heavy atom. The van der Waals surface area contributed by atoms with Crippen molar-refractivity contribution in [2.24, 2.45) is 0 Å². The van der Waals surface area contributed by atoms with Crippen molar-refractivity contribution >= 4 is 102 Å². The third-order valence-electron chi connectivity index (χ3n) is 15.8. The zero-order chi connectivity index (χ0) is 47.9. The van der Waals surface area contributed by atoms with E-state index in [0.717, 1.165) is 117 Å². The molecule has 1 N–H and O–H groups in total. The molecule has 0 fully saturated rings. The van der Waals surface area contributed by atoms with Crippen LogP contribution in [0.5, 0.6) is 11.5 Å². The van der Waals surface area contributed by atoms with Crippen molar-refractivity contribution in [2.75, 3.05) is 10.2 Å². The highest BCUT2D eigenvalue weighted by atomic mass is 32.2. The monoisotopic (exact) mass is 938 g/mol. The standard InChI is InChI=1S/C64H51BN2O3S/c1-36-24-25-46(41(30-36)38-16-8-7-9-17-38)66-47-26-27-54-58(40-19-11-13-21-52(40)68-54)59(47)60-61-50(32-42-39-18-10-12-20-51(39)70-62(42)60)67(48-33-44-43(31-37(48)2)63(3,4)28-29-64(44,5)6)49-35-57-55(34-45(49)65-61)69-53-22-14-15-23-56(53)71-57/h7-27,30-35,65-66H,28-29H2,1-6H3. The number of para-hydroxylation sites is 3. The average molecular weight is 939 g/mol. The Hall–Kier alpha value is -7.61. The number of hydrogen-bond acceptors (Lipinski definition) is 6. The van der Waals surface area contributed by atoms with Crippen LogP contribution in [0.2, 0.25) is 0 Å². The molecule has 0 bridgehead atoms. The summed E-state index contributed by atoms with van der Waals surface area (Å²) in [5.41, 5.74) is 21.0. The minimum Gasteiger partial charge on any atom is -0.456 e. The summed E-state index contributed by atoms with van der Waals surface area (Å²) in [5.74, 6) is 1.77. The van der Waals surface area contributed by atoms with Crippen LogP contribution in [-0.2, 0) is 10.8 Å². The maximum atomic E-state index is 7.26. The normalized spacial score (nSPS) is 15.2. The molecule has 7 heteroatoms. The summed E-state index contributed by atoms with van der Waals surface area (Å²) in [6.07, 6.45) is 2.28. The van der Waals surface area contributed by atoms with Gasteiger partial charge in [0, 0.05) is 66.7 Å². The first kappa shape index (κ1) is 42.3. The molecule has 1 aliphatic carbocycles. The Balaban J connectivity index is 1.11. The van der Waals surface area contributed by atoms with Gasteiger partial charge in [0.2, 0.25) is 0 Å². The van der Waals surface area contributed by atoms with E-state index in [2.05, 4.69) is 216 Å². The lowest BCUT2D eigenvalue weighted by atomic mass is 9.57. The lowest BCUT2D eigenvalue weighted by Gasteiger charge is -2.44. The van der Waals surface area contributed by atoms with Crippen molar-refractivity contribution in [2.45, 2.75) is 75.0 Å². The van der Waals surface area contributed by atoms with Gasteiger partial charge in [0.25, 0.3) is 0 Å². The van der Waals surface area contributed by atoms with Crippen LogP contribution in [-0.4, -0.2) is 7.28 Å². The number of nitrogens with one attached hydrogen (secondary N) is 1. The minimum atomic E-state index is 0.00101. The van der Waals surface area contributed by atoms with Gasteiger partial charge < -0.3 is 23.8 Å². The third-order valence-corrected chi connectivity index (χ3v) is 16.9. The van der Waals surface area contributed by atoms with Crippen molar-refractivity contribution in [3.05, 3.63) is 186 Å². The van der Waals surface area contributed by atoms with Gasteiger partial charge in [-0.05, 0) is 138 Å². The second-order valence-corrected chi connectivity index (χ2v) is 22.4. The van der Waals surface area contributed by atoms with E-state index in [-0.39, 0.29) is 10.8 Å². The molecule has 344 valence electrons. The van der Waals surface area contributed by atoms with Gasteiger partial charge in [-0.25, -0.2) is 0 Å². The van der Waals surface area contributed by atoms with Crippen molar-refractivity contribution in [1.82, 2.24) is 0 Å². The zero-order valence-electron chi connectivity index (χ0n) is 40.8. The first-order chi connectivity index (χ1) is 34.5. The van der Waals surface area contributed by atoms with E-state index >= 15 is 0 Å². The Kier molecular flexibility index (Phi) is 9.20. The van der Waals surface area contributed by atoms with Crippen molar-refractivity contribution in [1.29, 1.82) is 0 Å². The van der Waals surface area contributed by atoms with Gasteiger partial charge in [-0.1, -0.05) is 141 Å². The van der Waals surface area contributed by atoms with Crippen molar-refractivity contribution in [3.8, 4) is 33.8 Å². The molecular formula is C64H51BN2O3S. The van der Waals surface area contributed by atoms with Gasteiger partial charge in [0.05, 0.1) is 9.79 Å². The molecule has 71 heavy (non-hydrogen) atoms. The summed E-state index contributed by atoms with van der Waals surface area (Å²) < 4.78 is 20.9. The Bertz CT molecular complexity index is 4050. The number of rotatable bonds is 5. The Morgan fingerprint density at radius 1 is 0.549 bits per heavy atom. The maximum Gasteiger partial charge on any atom is 0.198 e. The molecule has 0 saturated carbocycles. The summed E-state index contributed by atoms with van der Waals surface area (Å²) in [7, 11) is 0.639. The molecule has 0 atom stereocenters. The summed E-state index contributed by atoms with van der Waals surface area (Å²) in [4.78, 5) is 4.81. The molecule has 0 unspecified atom stereocenters. The first-order valence-corrected chi connectivity index (χ1v) is 25.7. The average Bonchev–Trinajstić information content (AvgIpc) is 3.95. The van der Waals surface area contributed by atoms with Gasteiger partial charge in [0.1, 0.15) is 33.8 Å². The quantitative estimate of drug-likeness (QED) is 0.174. The smallest absolute Gasteiger partial charge is 0.198 e. The van der Waals surface area contributed by atoms with Crippen LogP contribution in [0.3, 0.4) is 0 Å². The fraction of sp³-hybridized carbons (Fsp3) is 0.156. The van der Waals surface area contributed by atoms with Crippen LogP contribution in [0, 0.1) is 13.8 Å². The van der Waals surface area contributed by atoms with Crippen LogP contribution < -0.4 is 25.9 Å². The largest absolute Gasteiger partial charge is 0.456 e. The Labute approximate surface area is 418 Å². The minimum absolute atomic E-state index is 0.00101. The number of furan rings is 2. The highest BCUT2D eigenvalue weighted by Crippen LogP contribution is 2.54. The van der Waals surface area contributed by atoms with Gasteiger partial charge >= 0.3 is 0 Å². The topological polar surface area (TPSA) is 50.8 Å². The van der Waals surface area contributed by atoms with Crippen molar-refractivity contribution < 1.29 is 13.6 Å². The van der Waals surface area contributed by atoms with Crippen molar-refractivity contribution in [3.63, 3.8) is 0 Å².